The monoisotopic (exact) mass is 276 g/mol. The van der Waals surface area contributed by atoms with Gasteiger partial charge in [-0.25, -0.2) is 15.8 Å². The van der Waals surface area contributed by atoms with Crippen molar-refractivity contribution in [3.63, 3.8) is 0 Å². The van der Waals surface area contributed by atoms with Gasteiger partial charge in [-0.2, -0.15) is 0 Å². The number of rotatable bonds is 3. The quantitative estimate of drug-likeness (QED) is 0.501. The summed E-state index contributed by atoms with van der Waals surface area (Å²) in [6.07, 6.45) is 1.47. The molecule has 1 aromatic heterocycles. The number of nitrogens with two attached hydrogens (primary N) is 1. The Morgan fingerprint density at radius 2 is 1.95 bits per heavy atom. The number of nitrogens with zero attached hydrogens (tertiary/aromatic N) is 2. The topological polar surface area (TPSA) is 82.3 Å². The number of hydrogen-bond donors (Lipinski definition) is 2. The zero-order chi connectivity index (χ0) is 13.1. The molecule has 1 aliphatic heterocycles. The first-order valence-corrected chi connectivity index (χ1v) is 6.53. The van der Waals surface area contributed by atoms with Crippen molar-refractivity contribution in [2.45, 2.75) is 9.92 Å². The smallest absolute Gasteiger partial charge is 0.162 e. The summed E-state index contributed by atoms with van der Waals surface area (Å²) in [5.74, 6) is 7.44. The summed E-state index contributed by atoms with van der Waals surface area (Å²) in [5, 5.41) is 0.805. The lowest BCUT2D eigenvalue weighted by Gasteiger charge is -2.18. The Hall–Kier alpha value is -1.99. The van der Waals surface area contributed by atoms with Crippen LogP contribution in [-0.4, -0.2) is 23.2 Å². The van der Waals surface area contributed by atoms with Crippen LogP contribution in [0.3, 0.4) is 0 Å². The van der Waals surface area contributed by atoms with Crippen molar-refractivity contribution in [3.05, 3.63) is 30.6 Å². The fraction of sp³-hybridized carbons (Fsp3) is 0.167. The van der Waals surface area contributed by atoms with Gasteiger partial charge in [-0.1, -0.05) is 11.8 Å². The maximum atomic E-state index is 5.54. The third-order valence-corrected chi connectivity index (χ3v) is 3.45. The van der Waals surface area contributed by atoms with Crippen molar-refractivity contribution in [2.75, 3.05) is 18.6 Å². The molecule has 0 saturated carbocycles. The molecule has 1 aromatic carbocycles. The summed E-state index contributed by atoms with van der Waals surface area (Å²) in [6.45, 7) is 1.17. The predicted molar refractivity (Wildman–Crippen MR) is 71.4 cm³/mol. The lowest BCUT2D eigenvalue weighted by molar-refractivity contribution is 0.171. The number of nitrogens with one attached hydrogen (secondary N) is 1. The second-order valence-corrected chi connectivity index (χ2v) is 4.89. The molecule has 0 aliphatic carbocycles. The molecule has 98 valence electrons. The first-order chi connectivity index (χ1) is 9.35. The van der Waals surface area contributed by atoms with Crippen molar-refractivity contribution in [1.82, 2.24) is 9.97 Å². The van der Waals surface area contributed by atoms with Gasteiger partial charge in [0.25, 0.3) is 0 Å². The van der Waals surface area contributed by atoms with Crippen LogP contribution in [-0.2, 0) is 0 Å². The number of anilines is 1. The molecule has 6 nitrogen and oxygen atoms in total. The second-order valence-electron chi connectivity index (χ2n) is 3.79. The minimum absolute atomic E-state index is 0.579. The van der Waals surface area contributed by atoms with Crippen LogP contribution >= 0.6 is 11.8 Å². The maximum absolute atomic E-state index is 5.54. The summed E-state index contributed by atoms with van der Waals surface area (Å²) in [4.78, 5) is 9.16. The van der Waals surface area contributed by atoms with Gasteiger partial charge in [0, 0.05) is 11.0 Å². The summed E-state index contributed by atoms with van der Waals surface area (Å²) < 4.78 is 11.0. The Labute approximate surface area is 114 Å². The van der Waals surface area contributed by atoms with E-state index in [1.165, 1.54) is 18.1 Å². The number of aromatic nitrogens is 2. The highest BCUT2D eigenvalue weighted by molar-refractivity contribution is 7.99. The van der Waals surface area contributed by atoms with Gasteiger partial charge in [0.1, 0.15) is 30.4 Å². The summed E-state index contributed by atoms with van der Waals surface area (Å²) >= 11 is 1.51. The molecule has 3 N–H and O–H groups in total. The Morgan fingerprint density at radius 1 is 1.11 bits per heavy atom. The lowest BCUT2D eigenvalue weighted by atomic mass is 10.3. The van der Waals surface area contributed by atoms with Crippen molar-refractivity contribution < 1.29 is 9.47 Å². The molecular weight excluding hydrogens is 264 g/mol. The average Bonchev–Trinajstić information content (AvgIpc) is 2.47. The maximum Gasteiger partial charge on any atom is 0.162 e. The minimum atomic E-state index is 0.579. The van der Waals surface area contributed by atoms with E-state index in [0.717, 1.165) is 21.4 Å². The molecular formula is C12H12N4O2S. The summed E-state index contributed by atoms with van der Waals surface area (Å²) in [6, 6.07) is 7.59. The van der Waals surface area contributed by atoms with E-state index in [-0.39, 0.29) is 0 Å². The molecule has 7 heteroatoms. The normalized spacial score (nSPS) is 13.1. The number of benzene rings is 1. The molecule has 0 saturated heterocycles. The second kappa shape index (κ2) is 5.33. The van der Waals surface area contributed by atoms with Gasteiger partial charge in [-0.3, -0.25) is 0 Å². The van der Waals surface area contributed by atoms with Crippen molar-refractivity contribution in [1.29, 1.82) is 0 Å². The average molecular weight is 276 g/mol. The van der Waals surface area contributed by atoms with Crippen LogP contribution in [0.1, 0.15) is 0 Å². The molecule has 3 rings (SSSR count). The number of hydrazine groups is 1. The SMILES string of the molecule is NNc1cc(Sc2ccc3c(c2)OCCO3)ncn1. The molecule has 2 aromatic rings. The fourth-order valence-corrected chi connectivity index (χ4v) is 2.50. The molecule has 0 amide bonds. The van der Waals surface area contributed by atoms with Crippen LogP contribution in [0.5, 0.6) is 11.5 Å². The van der Waals surface area contributed by atoms with Crippen LogP contribution in [0.4, 0.5) is 5.82 Å². The fourth-order valence-electron chi connectivity index (χ4n) is 1.68. The first-order valence-electron chi connectivity index (χ1n) is 5.71. The van der Waals surface area contributed by atoms with Crippen molar-refractivity contribution >= 4 is 17.6 Å². The van der Waals surface area contributed by atoms with Crippen LogP contribution in [0.2, 0.25) is 0 Å². The van der Waals surface area contributed by atoms with Gasteiger partial charge in [-0.15, -0.1) is 0 Å². The van der Waals surface area contributed by atoms with Crippen molar-refractivity contribution in [2.24, 2.45) is 5.84 Å². The number of fused-ring (bicyclic) bond motifs is 1. The standard InChI is InChI=1S/C12H12N4O2S/c13-16-11-6-12(15-7-14-11)19-8-1-2-9-10(5-8)18-4-3-17-9/h1-2,5-7H,3-4,13H2,(H,14,15,16). The summed E-state index contributed by atoms with van der Waals surface area (Å²) in [5.41, 5.74) is 2.49. The number of ether oxygens (including phenoxy) is 2. The van der Waals surface area contributed by atoms with E-state index in [1.807, 2.05) is 18.2 Å². The third-order valence-electron chi connectivity index (χ3n) is 2.53. The summed E-state index contributed by atoms with van der Waals surface area (Å²) in [7, 11) is 0. The lowest BCUT2D eigenvalue weighted by Crippen LogP contribution is -2.15. The zero-order valence-electron chi connectivity index (χ0n) is 10.00. The molecule has 0 bridgehead atoms. The van der Waals surface area contributed by atoms with Crippen LogP contribution < -0.4 is 20.7 Å². The van der Waals surface area contributed by atoms with E-state index in [2.05, 4.69) is 15.4 Å². The highest BCUT2D eigenvalue weighted by Gasteiger charge is 2.12. The van der Waals surface area contributed by atoms with E-state index in [0.29, 0.717) is 19.0 Å². The van der Waals surface area contributed by atoms with E-state index in [1.54, 1.807) is 6.07 Å². The predicted octanol–water partition coefficient (Wildman–Crippen LogP) is 1.68. The Bertz CT molecular complexity index is 594. The molecule has 0 atom stereocenters. The third kappa shape index (κ3) is 2.72. The molecule has 0 fully saturated rings. The number of nitrogen functional groups attached to an aromatic ring is 1. The molecule has 0 radical (unpaired) electrons. The van der Waals surface area contributed by atoms with Gasteiger partial charge in [0.05, 0.1) is 0 Å². The minimum Gasteiger partial charge on any atom is -0.486 e. The molecule has 19 heavy (non-hydrogen) atoms. The highest BCUT2D eigenvalue weighted by Crippen LogP contribution is 2.36. The van der Waals surface area contributed by atoms with Crippen LogP contribution in [0.25, 0.3) is 0 Å². The van der Waals surface area contributed by atoms with E-state index >= 15 is 0 Å². The van der Waals surface area contributed by atoms with E-state index in [9.17, 15) is 0 Å². The van der Waals surface area contributed by atoms with E-state index < -0.39 is 0 Å². The Kier molecular flexibility index (Phi) is 3.39. The van der Waals surface area contributed by atoms with Crippen molar-refractivity contribution in [3.8, 4) is 11.5 Å². The molecule has 0 unspecified atom stereocenters. The van der Waals surface area contributed by atoms with Crippen LogP contribution in [0, 0.1) is 0 Å². The molecule has 1 aliphatic rings. The first kappa shape index (κ1) is 12.1. The number of hydrogen-bond acceptors (Lipinski definition) is 7. The Balaban J connectivity index is 1.82. The Morgan fingerprint density at radius 3 is 2.79 bits per heavy atom. The van der Waals surface area contributed by atoms with Gasteiger partial charge in [-0.05, 0) is 18.2 Å². The molecule has 0 spiro atoms. The van der Waals surface area contributed by atoms with Gasteiger partial charge in [0.2, 0.25) is 0 Å². The van der Waals surface area contributed by atoms with E-state index in [4.69, 9.17) is 15.3 Å². The largest absolute Gasteiger partial charge is 0.486 e. The highest BCUT2D eigenvalue weighted by atomic mass is 32.2. The molecule has 2 heterocycles. The van der Waals surface area contributed by atoms with Gasteiger partial charge < -0.3 is 14.9 Å². The zero-order valence-corrected chi connectivity index (χ0v) is 10.8. The van der Waals surface area contributed by atoms with Crippen LogP contribution in [0.15, 0.2) is 40.5 Å². The van der Waals surface area contributed by atoms with Gasteiger partial charge in [0.15, 0.2) is 11.5 Å². The van der Waals surface area contributed by atoms with Gasteiger partial charge >= 0.3 is 0 Å².